The summed E-state index contributed by atoms with van der Waals surface area (Å²) < 4.78 is 17.8. The van der Waals surface area contributed by atoms with Crippen molar-refractivity contribution >= 4 is 11.6 Å². The van der Waals surface area contributed by atoms with Crippen LogP contribution in [-0.2, 0) is 10.2 Å². The Hall–Kier alpha value is -5.33. The van der Waals surface area contributed by atoms with Crippen molar-refractivity contribution in [3.8, 4) is 11.5 Å². The van der Waals surface area contributed by atoms with E-state index in [1.807, 2.05) is 91.0 Å². The summed E-state index contributed by atoms with van der Waals surface area (Å²) in [6.45, 7) is -0.583. The van der Waals surface area contributed by atoms with Gasteiger partial charge in [0.1, 0.15) is 35.6 Å². The molecular formula is C37H35N3O8. The summed E-state index contributed by atoms with van der Waals surface area (Å²) in [5.41, 5.74) is 8.03. The highest BCUT2D eigenvalue weighted by Gasteiger charge is 2.44. The number of benzene rings is 4. The van der Waals surface area contributed by atoms with Gasteiger partial charge in [0, 0.05) is 23.4 Å². The van der Waals surface area contributed by atoms with Crippen molar-refractivity contribution in [1.82, 2.24) is 9.55 Å². The second kappa shape index (κ2) is 13.4. The molecule has 246 valence electrons. The minimum atomic E-state index is -1.55. The van der Waals surface area contributed by atoms with Gasteiger partial charge in [-0.15, -0.1) is 0 Å². The van der Waals surface area contributed by atoms with E-state index in [9.17, 15) is 24.9 Å². The number of nitrogens with two attached hydrogens (primary N) is 1. The summed E-state index contributed by atoms with van der Waals surface area (Å²) in [5, 5.41) is 30.2. The van der Waals surface area contributed by atoms with Gasteiger partial charge in [0.2, 0.25) is 0 Å². The van der Waals surface area contributed by atoms with Gasteiger partial charge in [-0.25, -0.2) is 4.79 Å². The molecule has 0 spiro atoms. The smallest absolute Gasteiger partial charge is 0.351 e. The van der Waals surface area contributed by atoms with Gasteiger partial charge < -0.3 is 35.3 Å². The van der Waals surface area contributed by atoms with Crippen LogP contribution in [0.5, 0.6) is 11.5 Å². The average molecular weight is 650 g/mol. The minimum absolute atomic E-state index is 0.103. The Kier molecular flexibility index (Phi) is 9.11. The molecular weight excluding hydrogens is 614 g/mol. The quantitative estimate of drug-likeness (QED) is 0.130. The van der Waals surface area contributed by atoms with E-state index in [4.69, 9.17) is 19.9 Å². The fraction of sp³-hybridized carbons (Fsp3) is 0.216. The molecule has 2 heterocycles. The van der Waals surface area contributed by atoms with Crippen molar-refractivity contribution < 1.29 is 34.3 Å². The Morgan fingerprint density at radius 2 is 1.48 bits per heavy atom. The van der Waals surface area contributed by atoms with E-state index in [0.717, 1.165) is 33.0 Å². The van der Waals surface area contributed by atoms with E-state index >= 15 is 0 Å². The maximum atomic E-state index is 13.9. The van der Waals surface area contributed by atoms with Gasteiger partial charge in [-0.2, -0.15) is 4.98 Å². The van der Waals surface area contributed by atoms with Crippen LogP contribution >= 0.6 is 0 Å². The topological polar surface area (TPSA) is 166 Å². The van der Waals surface area contributed by atoms with Crippen molar-refractivity contribution in [3.63, 3.8) is 0 Å². The molecule has 5 N–H and O–H groups in total. The number of aliphatic hydroxyl groups excluding tert-OH is 3. The molecule has 1 aromatic heterocycles. The third kappa shape index (κ3) is 5.52. The number of aromatic nitrogens is 2. The van der Waals surface area contributed by atoms with Gasteiger partial charge in [0.25, 0.3) is 0 Å². The van der Waals surface area contributed by atoms with Crippen LogP contribution < -0.4 is 20.9 Å². The van der Waals surface area contributed by atoms with Crippen LogP contribution in [-0.4, -0.2) is 69.8 Å². The van der Waals surface area contributed by atoms with E-state index in [1.165, 1.54) is 0 Å². The predicted octanol–water partition coefficient (Wildman–Crippen LogP) is 3.07. The first-order valence-corrected chi connectivity index (χ1v) is 15.2. The van der Waals surface area contributed by atoms with Crippen LogP contribution in [0.2, 0.25) is 0 Å². The number of ether oxygens (including phenoxy) is 3. The van der Waals surface area contributed by atoms with Gasteiger partial charge in [-0.3, -0.25) is 9.36 Å². The number of aliphatic hydroxyl groups is 3. The van der Waals surface area contributed by atoms with E-state index < -0.39 is 48.0 Å². The molecule has 0 saturated carbocycles. The van der Waals surface area contributed by atoms with Crippen molar-refractivity contribution in [2.45, 2.75) is 30.0 Å². The fourth-order valence-corrected chi connectivity index (χ4v) is 6.43. The second-order valence-corrected chi connectivity index (χ2v) is 11.4. The van der Waals surface area contributed by atoms with Crippen LogP contribution in [0.4, 0.5) is 5.82 Å². The van der Waals surface area contributed by atoms with Crippen molar-refractivity contribution in [1.29, 1.82) is 0 Å². The standard InChI is InChI=1S/C37H35N3O8/c1-46-26-17-18-28(29(19-26)47-2)37(23-9-5-3-6-10-23,24-11-7-4-8-12-24)25-15-13-22(14-16-25)31(42)27-20-40(36(45)39-34(27)38)35-33(44)32(43)30(21-41)48-35/h3-20,30,32-33,35,41,43-44H,21H2,1-2H3,(H2,38,39,45)/t30-,32-,33-,35?/m1/s1. The molecule has 11 heteroatoms. The van der Waals surface area contributed by atoms with Gasteiger partial charge in [-0.05, 0) is 22.8 Å². The number of hydrogen-bond donors (Lipinski definition) is 4. The first-order valence-electron chi connectivity index (χ1n) is 15.2. The lowest BCUT2D eigenvalue weighted by molar-refractivity contribution is -0.0549. The molecule has 0 radical (unpaired) electrons. The number of nitrogens with zero attached hydrogens (tertiary/aromatic N) is 2. The Labute approximate surface area is 276 Å². The molecule has 1 saturated heterocycles. The minimum Gasteiger partial charge on any atom is -0.497 e. The number of anilines is 1. The highest BCUT2D eigenvalue weighted by atomic mass is 16.6. The van der Waals surface area contributed by atoms with E-state index in [2.05, 4.69) is 4.98 Å². The van der Waals surface area contributed by atoms with Crippen molar-refractivity contribution in [2.24, 2.45) is 0 Å². The summed E-state index contributed by atoms with van der Waals surface area (Å²) >= 11 is 0. The summed E-state index contributed by atoms with van der Waals surface area (Å²) in [4.78, 5) is 30.4. The maximum absolute atomic E-state index is 13.9. The Balaban J connectivity index is 1.48. The van der Waals surface area contributed by atoms with E-state index in [-0.39, 0.29) is 16.9 Å². The number of ketones is 1. The summed E-state index contributed by atoms with van der Waals surface area (Å²) in [5.74, 6) is 0.409. The number of rotatable bonds is 10. The molecule has 1 fully saturated rings. The molecule has 4 atom stereocenters. The Morgan fingerprint density at radius 3 is 2.02 bits per heavy atom. The van der Waals surface area contributed by atoms with Crippen LogP contribution in [0.3, 0.4) is 0 Å². The van der Waals surface area contributed by atoms with Gasteiger partial charge >= 0.3 is 5.69 Å². The molecule has 6 rings (SSSR count). The zero-order valence-electron chi connectivity index (χ0n) is 26.3. The molecule has 0 amide bonds. The highest BCUT2D eigenvalue weighted by molar-refractivity contribution is 6.11. The van der Waals surface area contributed by atoms with Crippen LogP contribution in [0.25, 0.3) is 0 Å². The number of hydrogen-bond acceptors (Lipinski definition) is 10. The van der Waals surface area contributed by atoms with Crippen LogP contribution in [0.15, 0.2) is 114 Å². The fourth-order valence-electron chi connectivity index (χ4n) is 6.43. The zero-order valence-corrected chi connectivity index (χ0v) is 26.3. The van der Waals surface area contributed by atoms with E-state index in [1.54, 1.807) is 26.4 Å². The molecule has 1 aliphatic rings. The summed E-state index contributed by atoms with van der Waals surface area (Å²) in [6.07, 6.45) is -4.35. The number of nitrogen functional groups attached to an aromatic ring is 1. The lowest BCUT2D eigenvalue weighted by Crippen LogP contribution is -2.36. The van der Waals surface area contributed by atoms with Gasteiger partial charge in [0.05, 0.1) is 31.8 Å². The normalized spacial score (nSPS) is 19.2. The lowest BCUT2D eigenvalue weighted by Gasteiger charge is -2.37. The first kappa shape index (κ1) is 32.6. The van der Waals surface area contributed by atoms with Gasteiger partial charge in [-0.1, -0.05) is 91.0 Å². The number of carbonyl (C=O) groups excluding carboxylic acids is 1. The molecule has 0 aliphatic carbocycles. The molecule has 5 aromatic rings. The van der Waals surface area contributed by atoms with Crippen molar-refractivity contribution in [2.75, 3.05) is 26.6 Å². The SMILES string of the molecule is COc1ccc(C(c2ccccc2)(c2ccccc2)c2ccc(C(=O)c3cn(C4O[C@H](CO)[C@@H](O)[C@H]4O)c(=O)nc3N)cc2)c(OC)c1. The molecule has 0 bridgehead atoms. The predicted molar refractivity (Wildman–Crippen MR) is 177 cm³/mol. The molecule has 1 aliphatic heterocycles. The monoisotopic (exact) mass is 649 g/mol. The summed E-state index contributed by atoms with van der Waals surface area (Å²) in [7, 11) is 3.21. The second-order valence-electron chi connectivity index (χ2n) is 11.4. The molecule has 4 aromatic carbocycles. The summed E-state index contributed by atoms with van der Waals surface area (Å²) in [6, 6.07) is 32.7. The van der Waals surface area contributed by atoms with E-state index in [0.29, 0.717) is 11.5 Å². The zero-order chi connectivity index (χ0) is 34.0. The lowest BCUT2D eigenvalue weighted by atomic mass is 9.64. The van der Waals surface area contributed by atoms with Crippen LogP contribution in [0.1, 0.15) is 44.4 Å². The highest BCUT2D eigenvalue weighted by Crippen LogP contribution is 2.49. The molecule has 48 heavy (non-hydrogen) atoms. The first-order chi connectivity index (χ1) is 23.2. The number of carbonyl (C=O) groups is 1. The maximum Gasteiger partial charge on any atom is 0.351 e. The molecule has 11 nitrogen and oxygen atoms in total. The Morgan fingerprint density at radius 1 is 0.875 bits per heavy atom. The van der Waals surface area contributed by atoms with Crippen molar-refractivity contribution in [3.05, 3.63) is 153 Å². The number of methoxy groups -OCH3 is 2. The third-order valence-corrected chi connectivity index (χ3v) is 8.82. The van der Waals surface area contributed by atoms with Gasteiger partial charge in [0.15, 0.2) is 12.0 Å². The Bertz CT molecular complexity index is 1930. The third-order valence-electron chi connectivity index (χ3n) is 8.82. The molecule has 1 unspecified atom stereocenters. The largest absolute Gasteiger partial charge is 0.497 e. The average Bonchev–Trinajstić information content (AvgIpc) is 3.41. The van der Waals surface area contributed by atoms with Crippen LogP contribution in [0, 0.1) is 0 Å².